The first-order chi connectivity index (χ1) is 13.2. The van der Waals surface area contributed by atoms with Crippen molar-refractivity contribution < 1.29 is 4.79 Å². The number of carbonyl (C=O) groups is 1. The third kappa shape index (κ3) is 3.72. The highest BCUT2D eigenvalue weighted by Gasteiger charge is 2.27. The predicted molar refractivity (Wildman–Crippen MR) is 109 cm³/mol. The number of hydrogen-bond acceptors (Lipinski definition) is 6. The number of pyridine rings is 2. The van der Waals surface area contributed by atoms with Gasteiger partial charge in [-0.3, -0.25) is 14.8 Å². The van der Waals surface area contributed by atoms with Gasteiger partial charge in [0.25, 0.3) is 5.91 Å². The molecule has 9 heteroatoms. The maximum atomic E-state index is 12.4. The number of carbonyl (C=O) groups excluding carboxylic acids is 1. The van der Waals surface area contributed by atoms with E-state index in [9.17, 15) is 4.79 Å². The van der Waals surface area contributed by atoms with Crippen molar-refractivity contribution in [1.29, 1.82) is 0 Å². The Labute approximate surface area is 168 Å². The van der Waals surface area contributed by atoms with Crippen LogP contribution in [0.25, 0.3) is 11.4 Å². The smallest absolute Gasteiger partial charge is 0.254 e. The number of anilines is 2. The first-order valence-corrected chi connectivity index (χ1v) is 9.17. The fourth-order valence-electron chi connectivity index (χ4n) is 2.74. The maximum Gasteiger partial charge on any atom is 0.254 e. The van der Waals surface area contributed by atoms with Gasteiger partial charge in [0.2, 0.25) is 0 Å². The summed E-state index contributed by atoms with van der Waals surface area (Å²) in [5.74, 6) is 0.501. The summed E-state index contributed by atoms with van der Waals surface area (Å²) in [6, 6.07) is 5.53. The summed E-state index contributed by atoms with van der Waals surface area (Å²) in [5.41, 5.74) is 3.33. The summed E-state index contributed by atoms with van der Waals surface area (Å²) >= 11 is 2.09. The van der Waals surface area contributed by atoms with Gasteiger partial charge in [0.15, 0.2) is 0 Å². The van der Waals surface area contributed by atoms with Crippen LogP contribution in [0.15, 0.2) is 55.4 Å². The molecule has 0 aromatic carbocycles. The number of H-pyrrole nitrogens is 1. The number of rotatable bonds is 3. The molecule has 0 radical (unpaired) electrons. The van der Waals surface area contributed by atoms with Crippen LogP contribution >= 0.6 is 22.6 Å². The van der Waals surface area contributed by atoms with Crippen LogP contribution in [-0.4, -0.2) is 30.8 Å². The summed E-state index contributed by atoms with van der Waals surface area (Å²) in [6.07, 6.45) is 9.99. The van der Waals surface area contributed by atoms with E-state index < -0.39 is 0 Å². The SMILES string of the molecule is O=C1NCc2c(-c3cnc(I)cncc[nH]3)ncc(Nc3ccccn3)c21. The molecule has 0 aliphatic carbocycles. The van der Waals surface area contributed by atoms with Crippen LogP contribution in [0, 0.1) is 3.70 Å². The molecule has 0 fully saturated rings. The van der Waals surface area contributed by atoms with Gasteiger partial charge in [-0.05, 0) is 34.7 Å². The minimum absolute atomic E-state index is 0.146. The molecule has 1 aliphatic heterocycles. The zero-order valence-electron chi connectivity index (χ0n) is 14.0. The van der Waals surface area contributed by atoms with Crippen LogP contribution in [-0.2, 0) is 6.54 Å². The molecule has 0 unspecified atom stereocenters. The van der Waals surface area contributed by atoms with Crippen molar-refractivity contribution in [3.8, 4) is 11.4 Å². The number of fused-ring (bicyclic) bond motifs is 1. The predicted octanol–water partition coefficient (Wildman–Crippen LogP) is 2.98. The van der Waals surface area contributed by atoms with Gasteiger partial charge in [-0.15, -0.1) is 0 Å². The summed E-state index contributed by atoms with van der Waals surface area (Å²) < 4.78 is 0.734. The van der Waals surface area contributed by atoms with Gasteiger partial charge < -0.3 is 15.6 Å². The van der Waals surface area contributed by atoms with Gasteiger partial charge >= 0.3 is 0 Å². The third-order valence-corrected chi connectivity index (χ3v) is 4.47. The second kappa shape index (κ2) is 7.66. The van der Waals surface area contributed by atoms with Crippen molar-refractivity contribution in [1.82, 2.24) is 30.2 Å². The number of halogens is 1. The molecule has 0 saturated heterocycles. The largest absolute Gasteiger partial charge is 0.357 e. The zero-order valence-corrected chi connectivity index (χ0v) is 16.1. The van der Waals surface area contributed by atoms with E-state index >= 15 is 0 Å². The molecule has 3 aromatic heterocycles. The lowest BCUT2D eigenvalue weighted by atomic mass is 10.1. The molecular weight excluding hydrogens is 457 g/mol. The fourth-order valence-corrected chi connectivity index (χ4v) is 3.04. The summed E-state index contributed by atoms with van der Waals surface area (Å²) in [4.78, 5) is 32.8. The van der Waals surface area contributed by atoms with E-state index in [1.807, 2.05) is 18.2 Å². The molecule has 1 amide bonds. The highest BCUT2D eigenvalue weighted by Crippen LogP contribution is 2.31. The van der Waals surface area contributed by atoms with E-state index in [-0.39, 0.29) is 5.91 Å². The van der Waals surface area contributed by atoms with E-state index in [4.69, 9.17) is 0 Å². The first kappa shape index (κ1) is 17.3. The summed E-state index contributed by atoms with van der Waals surface area (Å²) in [6.45, 7) is 0.397. The Hall–Kier alpha value is -3.08. The molecule has 8 nitrogen and oxygen atoms in total. The molecule has 1 aliphatic rings. The van der Waals surface area contributed by atoms with Crippen molar-refractivity contribution in [2.75, 3.05) is 5.32 Å². The molecular formula is C18H14IN7O. The maximum absolute atomic E-state index is 12.4. The normalized spacial score (nSPS) is 12.1. The van der Waals surface area contributed by atoms with Gasteiger partial charge in [0, 0.05) is 30.7 Å². The number of amides is 1. The quantitative estimate of drug-likeness (QED) is 0.507. The minimum Gasteiger partial charge on any atom is -0.357 e. The van der Waals surface area contributed by atoms with Gasteiger partial charge in [-0.1, -0.05) is 6.07 Å². The number of aromatic amines is 1. The zero-order chi connectivity index (χ0) is 18.6. The Balaban J connectivity index is 1.83. The van der Waals surface area contributed by atoms with Crippen LogP contribution in [0.3, 0.4) is 0 Å². The number of nitrogens with one attached hydrogen (secondary N) is 3. The molecule has 4 rings (SSSR count). The third-order valence-electron chi connectivity index (χ3n) is 3.91. The Kier molecular flexibility index (Phi) is 4.92. The van der Waals surface area contributed by atoms with Crippen molar-refractivity contribution in [2.45, 2.75) is 6.54 Å². The lowest BCUT2D eigenvalue weighted by molar-refractivity contribution is 0.0966. The standard InChI is InChI=1S/C18H14IN7O/c19-14-10-20-5-6-21-13(9-23-14)17-11-7-25-18(27)16(11)12(8-24-17)26-15-3-1-2-4-22-15/h1-6,8-10,21H,7H2,(H,22,26)(H,25,27). The van der Waals surface area contributed by atoms with E-state index in [1.54, 1.807) is 37.2 Å². The van der Waals surface area contributed by atoms with Gasteiger partial charge in [-0.25, -0.2) is 9.97 Å². The molecule has 0 spiro atoms. The van der Waals surface area contributed by atoms with Crippen LogP contribution < -0.4 is 10.6 Å². The van der Waals surface area contributed by atoms with E-state index in [0.717, 1.165) is 9.26 Å². The lowest BCUT2D eigenvalue weighted by Gasteiger charge is -2.11. The molecule has 27 heavy (non-hydrogen) atoms. The Morgan fingerprint density at radius 3 is 2.85 bits per heavy atom. The molecule has 3 aromatic rings. The average molecular weight is 471 g/mol. The summed E-state index contributed by atoms with van der Waals surface area (Å²) in [5, 5.41) is 6.03. The Bertz CT molecular complexity index is 1050. The monoisotopic (exact) mass is 471 g/mol. The molecule has 134 valence electrons. The van der Waals surface area contributed by atoms with Crippen LogP contribution in [0.5, 0.6) is 0 Å². The Morgan fingerprint density at radius 2 is 2.00 bits per heavy atom. The number of hydrogen-bond donors (Lipinski definition) is 3. The molecule has 3 N–H and O–H groups in total. The number of aromatic nitrogens is 5. The first-order valence-electron chi connectivity index (χ1n) is 8.09. The summed E-state index contributed by atoms with van der Waals surface area (Å²) in [7, 11) is 0. The van der Waals surface area contributed by atoms with E-state index in [1.165, 1.54) is 0 Å². The second-order valence-corrected chi connectivity index (χ2v) is 6.73. The van der Waals surface area contributed by atoms with E-state index in [2.05, 4.69) is 58.1 Å². The molecule has 0 atom stereocenters. The van der Waals surface area contributed by atoms with Crippen LogP contribution in [0.4, 0.5) is 11.5 Å². The van der Waals surface area contributed by atoms with Crippen LogP contribution in [0.2, 0.25) is 0 Å². The van der Waals surface area contributed by atoms with Crippen molar-refractivity contribution in [2.24, 2.45) is 0 Å². The highest BCUT2D eigenvalue weighted by molar-refractivity contribution is 14.1. The van der Waals surface area contributed by atoms with E-state index in [0.29, 0.717) is 35.0 Å². The average Bonchev–Trinajstić information content (AvgIpc) is 3.11. The molecule has 0 bridgehead atoms. The topological polar surface area (TPSA) is 108 Å². The van der Waals surface area contributed by atoms with Crippen LogP contribution in [0.1, 0.15) is 15.9 Å². The van der Waals surface area contributed by atoms with Crippen molar-refractivity contribution in [3.63, 3.8) is 0 Å². The van der Waals surface area contributed by atoms with Gasteiger partial charge in [0.05, 0.1) is 41.2 Å². The Morgan fingerprint density at radius 1 is 1.07 bits per heavy atom. The number of nitrogens with zero attached hydrogens (tertiary/aromatic N) is 4. The lowest BCUT2D eigenvalue weighted by Crippen LogP contribution is -2.13. The molecule has 0 saturated carbocycles. The highest BCUT2D eigenvalue weighted by atomic mass is 127. The second-order valence-electron chi connectivity index (χ2n) is 5.63. The van der Waals surface area contributed by atoms with Crippen molar-refractivity contribution in [3.05, 3.63) is 70.2 Å². The van der Waals surface area contributed by atoms with Gasteiger partial charge in [-0.2, -0.15) is 0 Å². The van der Waals surface area contributed by atoms with Gasteiger partial charge in [0.1, 0.15) is 9.52 Å². The van der Waals surface area contributed by atoms with Crippen molar-refractivity contribution >= 4 is 40.0 Å². The molecule has 4 heterocycles. The minimum atomic E-state index is -0.146. The fraction of sp³-hybridized carbons (Fsp3) is 0.0556.